The number of halogens is 3. The molecule has 0 bridgehead atoms. The Kier molecular flexibility index (Phi) is 7.52. The van der Waals surface area contributed by atoms with E-state index in [2.05, 4.69) is 15.4 Å². The van der Waals surface area contributed by atoms with Gasteiger partial charge in [-0.3, -0.25) is 9.69 Å². The molecular formula is C21H24F3N3O5. The molecule has 32 heavy (non-hydrogen) atoms. The summed E-state index contributed by atoms with van der Waals surface area (Å²) in [5.74, 6) is -1.11. The molecule has 2 fully saturated rings. The smallest absolute Gasteiger partial charge is 0.475 e. The van der Waals surface area contributed by atoms with Crippen LogP contribution < -0.4 is 5.32 Å². The topological polar surface area (TPSA) is 105 Å². The SMILES string of the molecule is Cc1cc(CN2C[C@@H]3[C@@H](CNC(=O)c4ccccc4)CO[C@@H]3C2)no1.O=C(O)C(F)(F)F. The van der Waals surface area contributed by atoms with Crippen molar-refractivity contribution in [2.45, 2.75) is 25.7 Å². The third-order valence-corrected chi connectivity index (χ3v) is 5.38. The molecule has 8 nitrogen and oxygen atoms in total. The number of alkyl halides is 3. The number of amides is 1. The first kappa shape index (κ1) is 23.7. The molecule has 1 aromatic heterocycles. The van der Waals surface area contributed by atoms with Crippen LogP contribution in [0.3, 0.4) is 0 Å². The van der Waals surface area contributed by atoms with E-state index in [4.69, 9.17) is 19.2 Å². The van der Waals surface area contributed by atoms with Crippen LogP contribution >= 0.6 is 0 Å². The summed E-state index contributed by atoms with van der Waals surface area (Å²) < 4.78 is 42.8. The summed E-state index contributed by atoms with van der Waals surface area (Å²) >= 11 is 0. The van der Waals surface area contributed by atoms with Gasteiger partial charge in [0, 0.05) is 49.6 Å². The lowest BCUT2D eigenvalue weighted by atomic mass is 9.93. The fraction of sp³-hybridized carbons (Fsp3) is 0.476. The quantitative estimate of drug-likeness (QED) is 0.714. The predicted octanol–water partition coefficient (Wildman–Crippen LogP) is 2.49. The molecule has 0 radical (unpaired) electrons. The Morgan fingerprint density at radius 2 is 1.94 bits per heavy atom. The third kappa shape index (κ3) is 6.30. The second-order valence-corrected chi connectivity index (χ2v) is 7.80. The minimum atomic E-state index is -5.08. The van der Waals surface area contributed by atoms with E-state index in [9.17, 15) is 18.0 Å². The Hall–Kier alpha value is -2.92. The highest BCUT2D eigenvalue weighted by atomic mass is 19.4. The minimum absolute atomic E-state index is 0.0167. The number of ether oxygens (including phenoxy) is 1. The van der Waals surface area contributed by atoms with Gasteiger partial charge in [0.1, 0.15) is 5.76 Å². The van der Waals surface area contributed by atoms with E-state index in [-0.39, 0.29) is 12.0 Å². The molecule has 1 amide bonds. The number of nitrogens with zero attached hydrogens (tertiary/aromatic N) is 2. The lowest BCUT2D eigenvalue weighted by molar-refractivity contribution is -0.192. The number of rotatable bonds is 5. The molecule has 1 aromatic carbocycles. The van der Waals surface area contributed by atoms with Crippen LogP contribution in [0.4, 0.5) is 13.2 Å². The van der Waals surface area contributed by atoms with Crippen molar-refractivity contribution in [3.8, 4) is 0 Å². The number of nitrogens with one attached hydrogen (secondary N) is 1. The maximum absolute atomic E-state index is 12.2. The van der Waals surface area contributed by atoms with Crippen LogP contribution in [0.15, 0.2) is 40.9 Å². The summed E-state index contributed by atoms with van der Waals surface area (Å²) in [5, 5.41) is 14.3. The molecule has 3 atom stereocenters. The van der Waals surface area contributed by atoms with E-state index in [1.165, 1.54) is 0 Å². The maximum Gasteiger partial charge on any atom is 0.490 e. The predicted molar refractivity (Wildman–Crippen MR) is 106 cm³/mol. The molecule has 4 rings (SSSR count). The van der Waals surface area contributed by atoms with Gasteiger partial charge in [-0.05, 0) is 19.1 Å². The molecule has 0 unspecified atom stereocenters. The summed E-state index contributed by atoms with van der Waals surface area (Å²) in [7, 11) is 0. The molecule has 0 spiro atoms. The first-order chi connectivity index (χ1) is 15.1. The Balaban J connectivity index is 0.000000360. The van der Waals surface area contributed by atoms with Crippen molar-refractivity contribution < 1.29 is 37.1 Å². The number of aryl methyl sites for hydroxylation is 1. The normalized spacial score (nSPS) is 22.7. The van der Waals surface area contributed by atoms with Crippen LogP contribution in [0.5, 0.6) is 0 Å². The van der Waals surface area contributed by atoms with Crippen molar-refractivity contribution >= 4 is 11.9 Å². The average Bonchev–Trinajstić information content (AvgIpc) is 3.43. The van der Waals surface area contributed by atoms with Gasteiger partial charge in [0.2, 0.25) is 0 Å². The second-order valence-electron chi connectivity index (χ2n) is 7.80. The van der Waals surface area contributed by atoms with Crippen molar-refractivity contribution in [1.29, 1.82) is 0 Å². The van der Waals surface area contributed by atoms with Gasteiger partial charge in [-0.25, -0.2) is 4.79 Å². The van der Waals surface area contributed by atoms with Crippen molar-refractivity contribution in [2.24, 2.45) is 11.8 Å². The highest BCUT2D eigenvalue weighted by Gasteiger charge is 2.43. The number of aliphatic carboxylic acids is 1. The molecule has 3 heterocycles. The summed E-state index contributed by atoms with van der Waals surface area (Å²) in [4.78, 5) is 23.5. The van der Waals surface area contributed by atoms with Gasteiger partial charge in [0.05, 0.1) is 18.4 Å². The van der Waals surface area contributed by atoms with Crippen LogP contribution in [-0.2, 0) is 16.1 Å². The minimum Gasteiger partial charge on any atom is -0.475 e. The number of carboxylic acid groups (broad SMARTS) is 1. The van der Waals surface area contributed by atoms with E-state index >= 15 is 0 Å². The molecule has 2 aliphatic heterocycles. The van der Waals surface area contributed by atoms with Crippen molar-refractivity contribution in [3.63, 3.8) is 0 Å². The summed E-state index contributed by atoms with van der Waals surface area (Å²) in [6, 6.07) is 11.3. The second kappa shape index (κ2) is 10.1. The highest BCUT2D eigenvalue weighted by molar-refractivity contribution is 5.94. The molecular weight excluding hydrogens is 431 g/mol. The van der Waals surface area contributed by atoms with Gasteiger partial charge in [-0.1, -0.05) is 23.4 Å². The van der Waals surface area contributed by atoms with Crippen molar-refractivity contribution in [1.82, 2.24) is 15.4 Å². The number of aromatic nitrogens is 1. The molecule has 2 N–H and O–H groups in total. The van der Waals surface area contributed by atoms with Gasteiger partial charge >= 0.3 is 12.1 Å². The molecule has 0 aliphatic carbocycles. The number of likely N-dealkylation sites (tertiary alicyclic amines) is 1. The average molecular weight is 455 g/mol. The van der Waals surface area contributed by atoms with Gasteiger partial charge in [-0.15, -0.1) is 0 Å². The van der Waals surface area contributed by atoms with E-state index in [0.29, 0.717) is 23.9 Å². The fourth-order valence-electron chi connectivity index (χ4n) is 3.86. The fourth-order valence-corrected chi connectivity index (χ4v) is 3.86. The van der Waals surface area contributed by atoms with Crippen molar-refractivity contribution in [2.75, 3.05) is 26.2 Å². The maximum atomic E-state index is 12.2. The standard InChI is InChI=1S/C19H23N3O3.C2HF3O2/c1-13-7-16(21-25-13)9-22-10-17-15(12-24-18(17)11-22)8-20-19(23)14-5-3-2-4-6-14;3-2(4,5)1(6)7/h2-7,15,17-18H,8-12H2,1H3,(H,20,23);(H,6,7)/t15-,17+,18+;/m0./s1. The number of carbonyl (C=O) groups is 2. The Morgan fingerprint density at radius 3 is 2.53 bits per heavy atom. The lowest BCUT2D eigenvalue weighted by Crippen LogP contribution is -2.34. The summed E-state index contributed by atoms with van der Waals surface area (Å²) in [6.07, 6.45) is -4.83. The summed E-state index contributed by atoms with van der Waals surface area (Å²) in [5.41, 5.74) is 1.67. The van der Waals surface area contributed by atoms with E-state index in [1.807, 2.05) is 43.3 Å². The van der Waals surface area contributed by atoms with E-state index in [0.717, 1.165) is 37.7 Å². The van der Waals surface area contributed by atoms with Crippen LogP contribution in [0.2, 0.25) is 0 Å². The lowest BCUT2D eigenvalue weighted by Gasteiger charge is -2.19. The number of carbonyl (C=O) groups excluding carboxylic acids is 1. The molecule has 11 heteroatoms. The number of fused-ring (bicyclic) bond motifs is 1. The summed E-state index contributed by atoms with van der Waals surface area (Å²) in [6.45, 7) is 5.97. The third-order valence-electron chi connectivity index (χ3n) is 5.38. The Morgan fingerprint density at radius 1 is 1.25 bits per heavy atom. The van der Waals surface area contributed by atoms with Crippen LogP contribution in [-0.4, -0.2) is 65.6 Å². The molecule has 174 valence electrons. The zero-order chi connectivity index (χ0) is 23.3. The van der Waals surface area contributed by atoms with Gasteiger partial charge in [-0.2, -0.15) is 13.2 Å². The molecule has 2 aliphatic rings. The van der Waals surface area contributed by atoms with Gasteiger partial charge < -0.3 is 19.7 Å². The number of hydrogen-bond donors (Lipinski definition) is 2. The van der Waals surface area contributed by atoms with Gasteiger partial charge in [0.25, 0.3) is 5.91 Å². The largest absolute Gasteiger partial charge is 0.490 e. The zero-order valence-electron chi connectivity index (χ0n) is 17.3. The zero-order valence-corrected chi connectivity index (χ0v) is 17.3. The first-order valence-electron chi connectivity index (χ1n) is 10.0. The van der Waals surface area contributed by atoms with Crippen molar-refractivity contribution in [3.05, 3.63) is 53.4 Å². The Bertz CT molecular complexity index is 919. The highest BCUT2D eigenvalue weighted by Crippen LogP contribution is 2.34. The van der Waals surface area contributed by atoms with Crippen LogP contribution in [0.25, 0.3) is 0 Å². The van der Waals surface area contributed by atoms with E-state index < -0.39 is 12.1 Å². The number of carboxylic acids is 1. The number of benzene rings is 1. The van der Waals surface area contributed by atoms with Crippen LogP contribution in [0, 0.1) is 18.8 Å². The molecule has 2 aromatic rings. The van der Waals surface area contributed by atoms with Crippen LogP contribution in [0.1, 0.15) is 21.8 Å². The monoisotopic (exact) mass is 455 g/mol. The molecule has 2 saturated heterocycles. The first-order valence-corrected chi connectivity index (χ1v) is 10.0. The van der Waals surface area contributed by atoms with Gasteiger partial charge in [0.15, 0.2) is 0 Å². The van der Waals surface area contributed by atoms with E-state index in [1.54, 1.807) is 0 Å². The molecule has 0 saturated carbocycles. The number of hydrogen-bond acceptors (Lipinski definition) is 6. The Labute approximate surface area is 182 Å².